The number of fused-ring (bicyclic) bond motifs is 1. The molecule has 1 saturated heterocycles. The third-order valence-corrected chi connectivity index (χ3v) is 3.49. The van der Waals surface area contributed by atoms with E-state index in [0.29, 0.717) is 0 Å². The van der Waals surface area contributed by atoms with Gasteiger partial charge in [-0.1, -0.05) is 0 Å². The molecule has 13 nitrogen and oxygen atoms in total. The summed E-state index contributed by atoms with van der Waals surface area (Å²) >= 11 is 0. The Kier molecular flexibility index (Phi) is 7.51. The molecule has 3 heterocycles. The summed E-state index contributed by atoms with van der Waals surface area (Å²) in [6.45, 7) is -0.361. The van der Waals surface area contributed by atoms with Crippen LogP contribution in [-0.2, 0) is 14.0 Å². The number of aromatic nitrogens is 4. The van der Waals surface area contributed by atoms with Crippen LogP contribution in [0.4, 0.5) is 5.95 Å². The molecular weight excluding hydrogens is 361 g/mol. The number of aromatic amines is 1. The van der Waals surface area contributed by atoms with Crippen molar-refractivity contribution in [1.29, 1.82) is 0 Å². The predicted molar refractivity (Wildman–Crippen MR) is 85.9 cm³/mol. The van der Waals surface area contributed by atoms with Crippen molar-refractivity contribution < 1.29 is 36.0 Å². The Morgan fingerprint density at radius 3 is 2.80 bits per heavy atom. The largest absolute Gasteiger partial charge is 0.412 e. The first-order chi connectivity index (χ1) is 11.5. The molecular formula is C11H20N5O8P. The average Bonchev–Trinajstić information content (AvgIpc) is 3.08. The monoisotopic (exact) mass is 381 g/mol. The summed E-state index contributed by atoms with van der Waals surface area (Å²) in [6.07, 6.45) is -1.96. The highest BCUT2D eigenvalue weighted by Crippen LogP contribution is 2.32. The Morgan fingerprint density at radius 2 is 2.24 bits per heavy atom. The molecule has 0 spiro atoms. The van der Waals surface area contributed by atoms with Gasteiger partial charge < -0.3 is 35.8 Å². The van der Waals surface area contributed by atoms with Crippen molar-refractivity contribution in [2.24, 2.45) is 0 Å². The summed E-state index contributed by atoms with van der Waals surface area (Å²) in [7, 11) is 0.581. The Morgan fingerprint density at radius 1 is 1.60 bits per heavy atom. The number of hydrogen-bond acceptors (Lipinski definition) is 9. The lowest BCUT2D eigenvalue weighted by Gasteiger charge is -2.19. The van der Waals surface area contributed by atoms with Crippen molar-refractivity contribution in [1.82, 2.24) is 19.5 Å². The van der Waals surface area contributed by atoms with E-state index in [-0.39, 0.29) is 30.6 Å². The molecule has 0 aliphatic carbocycles. The van der Waals surface area contributed by atoms with Crippen LogP contribution in [0.5, 0.6) is 0 Å². The zero-order valence-electron chi connectivity index (χ0n) is 12.9. The van der Waals surface area contributed by atoms with E-state index in [1.807, 2.05) is 0 Å². The third kappa shape index (κ3) is 3.99. The second kappa shape index (κ2) is 8.92. The number of aliphatic hydroxyl groups is 2. The Bertz CT molecular complexity index is 773. The number of nitrogens with one attached hydrogen (secondary N) is 1. The summed E-state index contributed by atoms with van der Waals surface area (Å²) in [6, 6.07) is 0. The number of imidazole rings is 1. The van der Waals surface area contributed by atoms with Gasteiger partial charge in [0.05, 0.1) is 12.9 Å². The summed E-state index contributed by atoms with van der Waals surface area (Å²) < 4.78 is 20.7. The Labute approximate surface area is 143 Å². The number of ether oxygens (including phenoxy) is 2. The molecule has 0 bridgehead atoms. The molecule has 3 rings (SSSR count). The minimum atomic E-state index is -1.01. The van der Waals surface area contributed by atoms with Crippen LogP contribution in [0.25, 0.3) is 11.2 Å². The van der Waals surface area contributed by atoms with Gasteiger partial charge in [-0.2, -0.15) is 4.98 Å². The van der Waals surface area contributed by atoms with Gasteiger partial charge in [0.25, 0.3) is 5.56 Å². The number of aliphatic hydroxyl groups excluding tert-OH is 2. The van der Waals surface area contributed by atoms with Gasteiger partial charge in [0.15, 0.2) is 17.4 Å². The van der Waals surface area contributed by atoms with Crippen molar-refractivity contribution in [3.05, 3.63) is 16.7 Å². The Balaban J connectivity index is 0.00000117. The van der Waals surface area contributed by atoms with Crippen LogP contribution < -0.4 is 11.3 Å². The van der Waals surface area contributed by atoms with Crippen LogP contribution in [0.2, 0.25) is 0 Å². The lowest BCUT2D eigenvalue weighted by Crippen LogP contribution is -2.34. The quantitative estimate of drug-likeness (QED) is 0.354. The van der Waals surface area contributed by atoms with Crippen LogP contribution in [0.3, 0.4) is 0 Å². The van der Waals surface area contributed by atoms with Gasteiger partial charge in [0.2, 0.25) is 5.95 Å². The van der Waals surface area contributed by atoms with Gasteiger partial charge >= 0.3 is 8.69 Å². The lowest BCUT2D eigenvalue weighted by molar-refractivity contribution is -0.0583. The van der Waals surface area contributed by atoms with Crippen molar-refractivity contribution in [2.45, 2.75) is 24.5 Å². The van der Waals surface area contributed by atoms with Crippen molar-refractivity contribution >= 4 is 25.8 Å². The van der Waals surface area contributed by atoms with E-state index in [4.69, 9.17) is 24.7 Å². The summed E-state index contributed by atoms with van der Waals surface area (Å²) in [5.74, 6) is -0.0551. The summed E-state index contributed by atoms with van der Waals surface area (Å²) in [5, 5.41) is 19.3. The maximum atomic E-state index is 11.8. The van der Waals surface area contributed by atoms with E-state index < -0.39 is 38.8 Å². The number of rotatable bonds is 3. The van der Waals surface area contributed by atoms with Crippen LogP contribution in [0.1, 0.15) is 7.65 Å². The van der Waals surface area contributed by atoms with E-state index >= 15 is 0 Å². The first-order valence-electron chi connectivity index (χ1n) is 6.64. The number of methoxy groups -OCH3 is 1. The molecule has 4 unspecified atom stereocenters. The van der Waals surface area contributed by atoms with Crippen LogP contribution in [0.15, 0.2) is 11.1 Å². The van der Waals surface area contributed by atoms with Gasteiger partial charge in [0, 0.05) is 8.54 Å². The van der Waals surface area contributed by atoms with Gasteiger partial charge in [-0.05, 0) is 0 Å². The van der Waals surface area contributed by atoms with E-state index in [0.717, 1.165) is 0 Å². The minimum Gasteiger partial charge on any atom is -0.412 e. The van der Waals surface area contributed by atoms with Crippen molar-refractivity contribution in [2.75, 3.05) is 19.5 Å². The fourth-order valence-corrected chi connectivity index (χ4v) is 2.48. The van der Waals surface area contributed by atoms with Gasteiger partial charge in [-0.3, -0.25) is 14.3 Å². The van der Waals surface area contributed by atoms with E-state index in [9.17, 15) is 15.0 Å². The van der Waals surface area contributed by atoms with Gasteiger partial charge in [-0.25, -0.2) is 9.55 Å². The molecule has 0 amide bonds. The zero-order chi connectivity index (χ0) is 17.9. The molecule has 1 fully saturated rings. The molecule has 25 heavy (non-hydrogen) atoms. The normalized spacial score (nSPS) is 25.4. The van der Waals surface area contributed by atoms with Gasteiger partial charge in [0.1, 0.15) is 18.3 Å². The molecule has 1 aliphatic rings. The Hall–Kier alpha value is -1.99. The lowest BCUT2D eigenvalue weighted by atomic mass is 10.1. The molecule has 0 radical (unpaired) electrons. The predicted octanol–water partition coefficient (Wildman–Crippen LogP) is -2.43. The maximum Gasteiger partial charge on any atom is 0.324 e. The van der Waals surface area contributed by atoms with E-state index in [1.54, 1.807) is 0 Å². The van der Waals surface area contributed by atoms with Gasteiger partial charge in [-0.15, -0.1) is 0 Å². The molecule has 4 atom stereocenters. The molecule has 2 aromatic heterocycles. The molecule has 1 aliphatic heterocycles. The number of H-pyrrole nitrogens is 1. The van der Waals surface area contributed by atoms with Crippen molar-refractivity contribution in [3.8, 4) is 0 Å². The first kappa shape index (κ1) is 21.1. The zero-order valence-corrected chi connectivity index (χ0v) is 13.8. The smallest absolute Gasteiger partial charge is 0.324 e. The molecule has 142 valence electrons. The molecule has 2 aromatic rings. The summed E-state index contributed by atoms with van der Waals surface area (Å²) in [5.41, 5.74) is 5.38. The van der Waals surface area contributed by atoms with Crippen molar-refractivity contribution in [3.63, 3.8) is 0 Å². The van der Waals surface area contributed by atoms with Crippen LogP contribution in [0, 0.1) is 0 Å². The number of nitrogen functional groups attached to an aromatic ring is 1. The fraction of sp³-hybridized carbons (Fsp3) is 0.545. The molecule has 0 saturated carbocycles. The third-order valence-electron chi connectivity index (χ3n) is 3.49. The average molecular weight is 381 g/mol. The standard InChI is InChI=1S/C11H15N5O5.HO2P.H2O.H2/c1-20-7-6(18)4(2-17)21-10(7)16-3-13-5-8(16)14-11(12)15-9(5)19;1-3-2;;/h3-4,6-7,10,17-18H,2H2,1H3,(H3,12,14,15,19);(H,1,2);1H2;1H. The maximum absolute atomic E-state index is 11.8. The number of nitrogens with two attached hydrogens (primary N) is 1. The summed E-state index contributed by atoms with van der Waals surface area (Å²) in [4.78, 5) is 29.1. The molecule has 14 heteroatoms. The topological polar surface area (TPSA) is 217 Å². The highest BCUT2D eigenvalue weighted by Gasteiger charge is 2.45. The first-order valence-corrected chi connectivity index (χ1v) is 7.41. The fourth-order valence-electron chi connectivity index (χ4n) is 2.48. The van der Waals surface area contributed by atoms with E-state index in [2.05, 4.69) is 15.0 Å². The molecule has 8 N–H and O–H groups in total. The number of nitrogens with zero attached hydrogens (tertiary/aromatic N) is 3. The minimum absolute atomic E-state index is 0. The van der Waals surface area contributed by atoms with E-state index in [1.165, 1.54) is 18.0 Å². The van der Waals surface area contributed by atoms with Crippen LogP contribution >= 0.6 is 8.69 Å². The second-order valence-electron chi connectivity index (χ2n) is 4.80. The number of anilines is 1. The second-order valence-corrected chi connectivity index (χ2v) is 4.96. The number of hydrogen-bond donors (Lipinski definition) is 5. The SMILES string of the molecule is COC1C(O)C(CO)OC1n1cnc2c(=O)[nH]c(N)nc21.O.O=PO.[HH]. The highest BCUT2D eigenvalue weighted by atomic mass is 31.1. The van der Waals surface area contributed by atoms with Crippen LogP contribution in [-0.4, -0.2) is 72.1 Å². The highest BCUT2D eigenvalue weighted by molar-refractivity contribution is 7.16. The molecule has 0 aromatic carbocycles.